The van der Waals surface area contributed by atoms with Crippen molar-refractivity contribution >= 4 is 11.9 Å². The predicted molar refractivity (Wildman–Crippen MR) is 61.3 cm³/mol. The Morgan fingerprint density at radius 1 is 1.50 bits per heavy atom. The number of aliphatic hydroxyl groups excluding tert-OH is 1. The Labute approximate surface area is 105 Å². The Hall–Kier alpha value is -1.14. The van der Waals surface area contributed by atoms with E-state index in [0.717, 1.165) is 0 Å². The molecule has 2 aliphatic rings. The molecule has 6 heteroatoms. The lowest BCUT2D eigenvalue weighted by Gasteiger charge is -2.25. The zero-order chi connectivity index (χ0) is 13.5. The lowest BCUT2D eigenvalue weighted by atomic mass is 9.90. The average molecular weight is 257 g/mol. The van der Waals surface area contributed by atoms with Gasteiger partial charge in [0.05, 0.1) is 19.8 Å². The van der Waals surface area contributed by atoms with E-state index in [2.05, 4.69) is 4.74 Å². The quantitative estimate of drug-likeness (QED) is 0.655. The number of aliphatic hydroxyl groups is 1. The Balaban J connectivity index is 2.07. The molecule has 0 aromatic carbocycles. The van der Waals surface area contributed by atoms with Gasteiger partial charge in [0.25, 0.3) is 0 Å². The molecular weight excluding hydrogens is 238 g/mol. The fourth-order valence-corrected chi connectivity index (χ4v) is 3.29. The Morgan fingerprint density at radius 2 is 2.17 bits per heavy atom. The second kappa shape index (κ2) is 4.51. The SMILES string of the molecule is CCOC(=O)[C@]1(N)C[C@H](O)[C@H]2[C@H](CC(=O)OC)[C@H]21. The highest BCUT2D eigenvalue weighted by atomic mass is 16.5. The number of esters is 2. The maximum atomic E-state index is 11.9. The van der Waals surface area contributed by atoms with E-state index in [0.29, 0.717) is 0 Å². The van der Waals surface area contributed by atoms with Gasteiger partial charge in [-0.3, -0.25) is 9.59 Å². The minimum Gasteiger partial charge on any atom is -0.469 e. The van der Waals surface area contributed by atoms with Crippen molar-refractivity contribution in [2.75, 3.05) is 13.7 Å². The minimum absolute atomic E-state index is 0.0735. The standard InChI is InChI=1S/C12H19NO5/c1-3-18-11(16)12(13)5-7(14)9-6(10(9)12)4-8(15)17-2/h6-7,9-10,14H,3-5,13H2,1-2H3/t6-,7-,9+,10+,12-/m0/s1. The first-order valence-electron chi connectivity index (χ1n) is 6.16. The van der Waals surface area contributed by atoms with E-state index in [1.54, 1.807) is 6.92 Å². The third-order valence-corrected chi connectivity index (χ3v) is 4.10. The Morgan fingerprint density at radius 3 is 2.72 bits per heavy atom. The monoisotopic (exact) mass is 257 g/mol. The second-order valence-electron chi connectivity index (χ2n) is 5.08. The van der Waals surface area contributed by atoms with Gasteiger partial charge in [0.1, 0.15) is 5.54 Å². The van der Waals surface area contributed by atoms with E-state index in [4.69, 9.17) is 10.5 Å². The summed E-state index contributed by atoms with van der Waals surface area (Å²) in [7, 11) is 1.32. The van der Waals surface area contributed by atoms with Crippen molar-refractivity contribution in [1.82, 2.24) is 0 Å². The van der Waals surface area contributed by atoms with Gasteiger partial charge in [-0.25, -0.2) is 0 Å². The summed E-state index contributed by atoms with van der Waals surface area (Å²) in [5.41, 5.74) is 4.93. The van der Waals surface area contributed by atoms with Gasteiger partial charge < -0.3 is 20.3 Å². The van der Waals surface area contributed by atoms with Crippen molar-refractivity contribution in [2.24, 2.45) is 23.5 Å². The number of rotatable bonds is 4. The zero-order valence-electron chi connectivity index (χ0n) is 10.6. The molecule has 0 aromatic heterocycles. The zero-order valence-corrected chi connectivity index (χ0v) is 10.6. The van der Waals surface area contributed by atoms with Crippen LogP contribution in [-0.4, -0.2) is 42.4 Å². The van der Waals surface area contributed by atoms with Crippen LogP contribution in [0.2, 0.25) is 0 Å². The van der Waals surface area contributed by atoms with Gasteiger partial charge in [-0.1, -0.05) is 0 Å². The molecule has 102 valence electrons. The number of hydrogen-bond acceptors (Lipinski definition) is 6. The van der Waals surface area contributed by atoms with Crippen LogP contribution in [0.25, 0.3) is 0 Å². The van der Waals surface area contributed by atoms with Crippen molar-refractivity contribution in [3.8, 4) is 0 Å². The molecule has 5 atom stereocenters. The van der Waals surface area contributed by atoms with Crippen molar-refractivity contribution in [1.29, 1.82) is 0 Å². The number of fused-ring (bicyclic) bond motifs is 1. The summed E-state index contributed by atoms with van der Waals surface area (Å²) in [6.07, 6.45) is -0.237. The fraction of sp³-hybridized carbons (Fsp3) is 0.833. The molecule has 0 aliphatic heterocycles. The van der Waals surface area contributed by atoms with Crippen LogP contribution in [0.5, 0.6) is 0 Å². The topological polar surface area (TPSA) is 98.9 Å². The lowest BCUT2D eigenvalue weighted by molar-refractivity contribution is -0.151. The van der Waals surface area contributed by atoms with E-state index < -0.39 is 17.6 Å². The van der Waals surface area contributed by atoms with Crippen LogP contribution in [-0.2, 0) is 19.1 Å². The summed E-state index contributed by atoms with van der Waals surface area (Å²) in [5, 5.41) is 9.91. The van der Waals surface area contributed by atoms with E-state index in [-0.39, 0.29) is 43.2 Å². The molecule has 2 aliphatic carbocycles. The van der Waals surface area contributed by atoms with Gasteiger partial charge in [0.15, 0.2) is 0 Å². The van der Waals surface area contributed by atoms with Crippen molar-refractivity contribution in [2.45, 2.75) is 31.4 Å². The molecule has 2 fully saturated rings. The molecule has 0 bridgehead atoms. The van der Waals surface area contributed by atoms with Gasteiger partial charge in [-0.15, -0.1) is 0 Å². The van der Waals surface area contributed by atoms with Crippen LogP contribution in [0.15, 0.2) is 0 Å². The first-order valence-corrected chi connectivity index (χ1v) is 6.16. The van der Waals surface area contributed by atoms with Crippen LogP contribution in [0.4, 0.5) is 0 Å². The van der Waals surface area contributed by atoms with Crippen molar-refractivity contribution < 1.29 is 24.2 Å². The van der Waals surface area contributed by atoms with Gasteiger partial charge in [-0.2, -0.15) is 0 Å². The molecule has 0 aromatic rings. The average Bonchev–Trinajstić information content (AvgIpc) is 2.95. The van der Waals surface area contributed by atoms with E-state index in [1.165, 1.54) is 7.11 Å². The smallest absolute Gasteiger partial charge is 0.326 e. The maximum Gasteiger partial charge on any atom is 0.326 e. The van der Waals surface area contributed by atoms with Crippen LogP contribution in [0.3, 0.4) is 0 Å². The van der Waals surface area contributed by atoms with Crippen molar-refractivity contribution in [3.05, 3.63) is 0 Å². The van der Waals surface area contributed by atoms with Crippen LogP contribution in [0, 0.1) is 17.8 Å². The summed E-state index contributed by atoms with van der Waals surface area (Å²) < 4.78 is 9.56. The Bertz CT molecular complexity index is 371. The molecule has 3 N–H and O–H groups in total. The summed E-state index contributed by atoms with van der Waals surface area (Å²) in [4.78, 5) is 23.1. The highest BCUT2D eigenvalue weighted by molar-refractivity contribution is 5.83. The van der Waals surface area contributed by atoms with Gasteiger partial charge >= 0.3 is 11.9 Å². The number of ether oxygens (including phenoxy) is 2. The molecule has 18 heavy (non-hydrogen) atoms. The third-order valence-electron chi connectivity index (χ3n) is 4.10. The molecule has 0 radical (unpaired) electrons. The fourth-order valence-electron chi connectivity index (χ4n) is 3.29. The normalized spacial score (nSPS) is 41.1. The summed E-state index contributed by atoms with van der Waals surface area (Å²) in [6, 6.07) is 0. The van der Waals surface area contributed by atoms with Gasteiger partial charge in [-0.05, 0) is 24.7 Å². The second-order valence-corrected chi connectivity index (χ2v) is 5.08. The number of hydrogen-bond donors (Lipinski definition) is 2. The highest BCUT2D eigenvalue weighted by Crippen LogP contribution is 2.63. The molecule has 0 spiro atoms. The number of carbonyl (C=O) groups is 2. The lowest BCUT2D eigenvalue weighted by Crippen LogP contribution is -2.51. The van der Waals surface area contributed by atoms with Gasteiger partial charge in [0.2, 0.25) is 0 Å². The molecule has 2 rings (SSSR count). The summed E-state index contributed by atoms with van der Waals surface area (Å²) in [5.74, 6) is -1.16. The maximum absolute atomic E-state index is 11.9. The van der Waals surface area contributed by atoms with E-state index >= 15 is 0 Å². The van der Waals surface area contributed by atoms with E-state index in [1.807, 2.05) is 0 Å². The Kier molecular flexibility index (Phi) is 3.33. The van der Waals surface area contributed by atoms with Crippen LogP contribution >= 0.6 is 0 Å². The summed E-state index contributed by atoms with van der Waals surface area (Å²) >= 11 is 0. The summed E-state index contributed by atoms with van der Waals surface area (Å²) in [6.45, 7) is 1.97. The predicted octanol–water partition coefficient (Wildman–Crippen LogP) is -0.563. The first-order chi connectivity index (χ1) is 8.45. The molecule has 0 heterocycles. The highest BCUT2D eigenvalue weighted by Gasteiger charge is 2.71. The molecular formula is C12H19NO5. The number of carbonyl (C=O) groups excluding carboxylic acids is 2. The van der Waals surface area contributed by atoms with Crippen molar-refractivity contribution in [3.63, 3.8) is 0 Å². The molecule has 0 amide bonds. The van der Waals surface area contributed by atoms with Gasteiger partial charge in [0, 0.05) is 12.8 Å². The molecule has 0 unspecified atom stereocenters. The number of nitrogens with two attached hydrogens (primary N) is 1. The first kappa shape index (κ1) is 13.3. The largest absolute Gasteiger partial charge is 0.469 e. The molecule has 0 saturated heterocycles. The van der Waals surface area contributed by atoms with E-state index in [9.17, 15) is 14.7 Å². The van der Waals surface area contributed by atoms with Crippen LogP contribution < -0.4 is 5.73 Å². The molecule has 2 saturated carbocycles. The minimum atomic E-state index is -1.15. The van der Waals surface area contributed by atoms with Crippen LogP contribution in [0.1, 0.15) is 19.8 Å². The third kappa shape index (κ3) is 1.89. The molecule has 6 nitrogen and oxygen atoms in total. The number of methoxy groups -OCH3 is 1.